The Balaban J connectivity index is 2.13. The summed E-state index contributed by atoms with van der Waals surface area (Å²) < 4.78 is 31.6. The molecule has 0 unspecified atom stereocenters. The summed E-state index contributed by atoms with van der Waals surface area (Å²) in [6.45, 7) is -0.185. The van der Waals surface area contributed by atoms with Gasteiger partial charge < -0.3 is 15.6 Å². The molecule has 4 nitrogen and oxygen atoms in total. The summed E-state index contributed by atoms with van der Waals surface area (Å²) in [6, 6.07) is 7.06. The first-order chi connectivity index (χ1) is 9.47. The van der Waals surface area contributed by atoms with Gasteiger partial charge in [-0.25, -0.2) is 13.6 Å². The number of benzene rings is 2. The van der Waals surface area contributed by atoms with E-state index in [0.717, 1.165) is 18.2 Å². The predicted molar refractivity (Wildman–Crippen MR) is 68.5 cm³/mol. The maximum absolute atomic E-state index is 13.4. The number of halogens is 2. The molecule has 0 amide bonds. The van der Waals surface area contributed by atoms with Crippen molar-refractivity contribution in [3.05, 3.63) is 59.2 Å². The van der Waals surface area contributed by atoms with Crippen LogP contribution in [0.15, 0.2) is 36.4 Å². The standard InChI is InChI=1S/C14H11F2NO3/c15-9-1-4-12(16)8(5-9)7-20-10-2-3-11(14(18)19)13(17)6-10/h1-6H,7,17H2,(H,18,19). The quantitative estimate of drug-likeness (QED) is 0.844. The fourth-order valence-electron chi connectivity index (χ4n) is 1.64. The average molecular weight is 279 g/mol. The lowest BCUT2D eigenvalue weighted by atomic mass is 10.1. The Labute approximate surface area is 113 Å². The van der Waals surface area contributed by atoms with Crippen molar-refractivity contribution in [2.75, 3.05) is 5.73 Å². The fourth-order valence-corrected chi connectivity index (χ4v) is 1.64. The third-order valence-corrected chi connectivity index (χ3v) is 2.66. The van der Waals surface area contributed by atoms with E-state index in [0.29, 0.717) is 0 Å². The van der Waals surface area contributed by atoms with Crippen molar-refractivity contribution in [3.63, 3.8) is 0 Å². The second-order valence-corrected chi connectivity index (χ2v) is 4.08. The number of nitrogen functional groups attached to an aromatic ring is 1. The van der Waals surface area contributed by atoms with E-state index >= 15 is 0 Å². The average Bonchev–Trinajstić information content (AvgIpc) is 2.39. The monoisotopic (exact) mass is 279 g/mol. The summed E-state index contributed by atoms with van der Waals surface area (Å²) in [4.78, 5) is 10.8. The Morgan fingerprint density at radius 1 is 1.20 bits per heavy atom. The van der Waals surface area contributed by atoms with E-state index in [1.807, 2.05) is 0 Å². The van der Waals surface area contributed by atoms with Crippen LogP contribution >= 0.6 is 0 Å². The summed E-state index contributed by atoms with van der Waals surface area (Å²) in [5, 5.41) is 8.82. The molecule has 0 saturated carbocycles. The molecule has 3 N–H and O–H groups in total. The minimum absolute atomic E-state index is 0.0368. The normalized spacial score (nSPS) is 10.3. The number of rotatable bonds is 4. The van der Waals surface area contributed by atoms with E-state index in [1.165, 1.54) is 18.2 Å². The minimum atomic E-state index is -1.15. The molecular weight excluding hydrogens is 268 g/mol. The fraction of sp³-hybridized carbons (Fsp3) is 0.0714. The molecule has 0 atom stereocenters. The molecule has 20 heavy (non-hydrogen) atoms. The zero-order chi connectivity index (χ0) is 14.7. The van der Waals surface area contributed by atoms with E-state index in [1.54, 1.807) is 0 Å². The number of ether oxygens (including phenoxy) is 1. The highest BCUT2D eigenvalue weighted by molar-refractivity contribution is 5.93. The maximum Gasteiger partial charge on any atom is 0.337 e. The SMILES string of the molecule is Nc1cc(OCc2cc(F)ccc2F)ccc1C(=O)O. The van der Waals surface area contributed by atoms with Gasteiger partial charge in [-0.2, -0.15) is 0 Å². The number of carboxylic acids is 1. The molecule has 0 spiro atoms. The molecule has 0 aliphatic carbocycles. The van der Waals surface area contributed by atoms with Crippen LogP contribution in [0.3, 0.4) is 0 Å². The van der Waals surface area contributed by atoms with Crippen LogP contribution < -0.4 is 10.5 Å². The van der Waals surface area contributed by atoms with Crippen molar-refractivity contribution in [1.82, 2.24) is 0 Å². The highest BCUT2D eigenvalue weighted by atomic mass is 19.1. The summed E-state index contributed by atoms with van der Waals surface area (Å²) in [6.07, 6.45) is 0. The highest BCUT2D eigenvalue weighted by Gasteiger charge is 2.09. The van der Waals surface area contributed by atoms with Crippen molar-refractivity contribution >= 4 is 11.7 Å². The summed E-state index contributed by atoms with van der Waals surface area (Å²) in [5.41, 5.74) is 5.60. The lowest BCUT2D eigenvalue weighted by Crippen LogP contribution is -2.04. The van der Waals surface area contributed by atoms with Crippen LogP contribution in [0.4, 0.5) is 14.5 Å². The Morgan fingerprint density at radius 2 is 1.95 bits per heavy atom. The first-order valence-corrected chi connectivity index (χ1v) is 5.67. The summed E-state index contributed by atoms with van der Waals surface area (Å²) in [7, 11) is 0. The van der Waals surface area contributed by atoms with E-state index in [-0.39, 0.29) is 29.2 Å². The Morgan fingerprint density at radius 3 is 2.60 bits per heavy atom. The smallest absolute Gasteiger partial charge is 0.337 e. The zero-order valence-corrected chi connectivity index (χ0v) is 10.3. The first kappa shape index (κ1) is 13.8. The Bertz CT molecular complexity index is 659. The van der Waals surface area contributed by atoms with Crippen LogP contribution in [-0.2, 0) is 6.61 Å². The van der Waals surface area contributed by atoms with Crippen molar-refractivity contribution < 1.29 is 23.4 Å². The molecule has 0 fully saturated rings. The second-order valence-electron chi connectivity index (χ2n) is 4.08. The molecular formula is C14H11F2NO3. The van der Waals surface area contributed by atoms with Crippen LogP contribution in [0, 0.1) is 11.6 Å². The Kier molecular flexibility index (Phi) is 3.84. The van der Waals surface area contributed by atoms with Gasteiger partial charge in [0.1, 0.15) is 24.0 Å². The predicted octanol–water partition coefficient (Wildman–Crippen LogP) is 2.82. The van der Waals surface area contributed by atoms with Crippen LogP contribution in [0.2, 0.25) is 0 Å². The number of carboxylic acid groups (broad SMARTS) is 1. The summed E-state index contributed by atoms with van der Waals surface area (Å²) in [5.74, 6) is -2.02. The van der Waals surface area contributed by atoms with Gasteiger partial charge in [0.2, 0.25) is 0 Å². The van der Waals surface area contributed by atoms with Crippen LogP contribution in [0.25, 0.3) is 0 Å². The van der Waals surface area contributed by atoms with Crippen molar-refractivity contribution in [1.29, 1.82) is 0 Å². The molecule has 0 radical (unpaired) electrons. The Hall–Kier alpha value is -2.63. The van der Waals surface area contributed by atoms with Gasteiger partial charge in [-0.1, -0.05) is 0 Å². The molecule has 0 saturated heterocycles. The molecule has 104 valence electrons. The topological polar surface area (TPSA) is 72.5 Å². The van der Waals surface area contributed by atoms with Gasteiger partial charge >= 0.3 is 5.97 Å². The third kappa shape index (κ3) is 3.03. The molecule has 0 aliphatic heterocycles. The van der Waals surface area contributed by atoms with Crippen LogP contribution in [0.5, 0.6) is 5.75 Å². The van der Waals surface area contributed by atoms with Gasteiger partial charge in [0, 0.05) is 17.3 Å². The molecule has 2 rings (SSSR count). The number of hydrogen-bond acceptors (Lipinski definition) is 3. The van der Waals surface area contributed by atoms with Crippen LogP contribution in [-0.4, -0.2) is 11.1 Å². The molecule has 6 heteroatoms. The third-order valence-electron chi connectivity index (χ3n) is 2.66. The summed E-state index contributed by atoms with van der Waals surface area (Å²) >= 11 is 0. The molecule has 0 aliphatic rings. The van der Waals surface area contributed by atoms with Gasteiger partial charge in [-0.3, -0.25) is 0 Å². The highest BCUT2D eigenvalue weighted by Crippen LogP contribution is 2.21. The van der Waals surface area contributed by atoms with Crippen molar-refractivity contribution in [2.45, 2.75) is 6.61 Å². The van der Waals surface area contributed by atoms with E-state index in [9.17, 15) is 13.6 Å². The zero-order valence-electron chi connectivity index (χ0n) is 10.3. The van der Waals surface area contributed by atoms with Gasteiger partial charge in [0.15, 0.2) is 0 Å². The van der Waals surface area contributed by atoms with Crippen LogP contribution in [0.1, 0.15) is 15.9 Å². The number of anilines is 1. The lowest BCUT2D eigenvalue weighted by molar-refractivity contribution is 0.0698. The first-order valence-electron chi connectivity index (χ1n) is 5.67. The van der Waals surface area contributed by atoms with Crippen molar-refractivity contribution in [2.24, 2.45) is 0 Å². The number of aromatic carboxylic acids is 1. The molecule has 0 heterocycles. The van der Waals surface area contributed by atoms with E-state index in [2.05, 4.69) is 0 Å². The van der Waals surface area contributed by atoms with E-state index < -0.39 is 17.6 Å². The molecule has 2 aromatic rings. The maximum atomic E-state index is 13.4. The second kappa shape index (κ2) is 5.56. The van der Waals surface area contributed by atoms with Gasteiger partial charge in [-0.15, -0.1) is 0 Å². The lowest BCUT2D eigenvalue weighted by Gasteiger charge is -2.09. The van der Waals surface area contributed by atoms with E-state index in [4.69, 9.17) is 15.6 Å². The molecule has 0 aromatic heterocycles. The number of hydrogen-bond donors (Lipinski definition) is 2. The van der Waals surface area contributed by atoms with Gasteiger partial charge in [0.25, 0.3) is 0 Å². The number of carbonyl (C=O) groups is 1. The van der Waals surface area contributed by atoms with Gasteiger partial charge in [-0.05, 0) is 30.3 Å². The minimum Gasteiger partial charge on any atom is -0.489 e. The van der Waals surface area contributed by atoms with Crippen molar-refractivity contribution in [3.8, 4) is 5.75 Å². The molecule has 0 bridgehead atoms. The molecule has 2 aromatic carbocycles. The largest absolute Gasteiger partial charge is 0.489 e. The number of nitrogens with two attached hydrogens (primary N) is 1. The van der Waals surface area contributed by atoms with Gasteiger partial charge in [0.05, 0.1) is 5.56 Å².